The van der Waals surface area contributed by atoms with E-state index in [0.29, 0.717) is 17.2 Å². The van der Waals surface area contributed by atoms with E-state index in [0.717, 1.165) is 63.5 Å². The van der Waals surface area contributed by atoms with Gasteiger partial charge in [0, 0.05) is 43.7 Å². The summed E-state index contributed by atoms with van der Waals surface area (Å²) in [5.74, 6) is 1.96. The first kappa shape index (κ1) is 21.1. The van der Waals surface area contributed by atoms with Crippen molar-refractivity contribution in [2.24, 2.45) is 5.41 Å². The Bertz CT molecular complexity index is 1010. The highest BCUT2D eigenvalue weighted by Crippen LogP contribution is 2.48. The van der Waals surface area contributed by atoms with Gasteiger partial charge in [-0.1, -0.05) is 17.6 Å². The summed E-state index contributed by atoms with van der Waals surface area (Å²) in [7, 11) is 2.14. The van der Waals surface area contributed by atoms with Crippen LogP contribution in [0.15, 0.2) is 28.8 Å². The lowest BCUT2D eigenvalue weighted by atomic mass is 9.76. The van der Waals surface area contributed by atoms with Crippen molar-refractivity contribution in [1.29, 1.82) is 0 Å². The molecule has 170 valence electrons. The fourth-order valence-electron chi connectivity index (χ4n) is 5.42. The third-order valence-electron chi connectivity index (χ3n) is 7.49. The van der Waals surface area contributed by atoms with Crippen molar-refractivity contribution in [3.05, 3.63) is 41.5 Å². The van der Waals surface area contributed by atoms with Gasteiger partial charge in [0.1, 0.15) is 0 Å². The molecule has 5 rings (SSSR count). The van der Waals surface area contributed by atoms with E-state index >= 15 is 0 Å². The molecule has 2 amide bonds. The van der Waals surface area contributed by atoms with E-state index in [1.807, 2.05) is 17.0 Å². The van der Waals surface area contributed by atoms with Crippen LogP contribution in [-0.4, -0.2) is 58.4 Å². The van der Waals surface area contributed by atoms with Gasteiger partial charge in [-0.25, -0.2) is 0 Å². The van der Waals surface area contributed by atoms with Crippen LogP contribution in [0.3, 0.4) is 0 Å². The zero-order valence-corrected chi connectivity index (χ0v) is 18.8. The van der Waals surface area contributed by atoms with E-state index in [2.05, 4.69) is 22.4 Å². The predicted octanol–water partition coefficient (Wildman–Crippen LogP) is 3.59. The van der Waals surface area contributed by atoms with Crippen LogP contribution in [0.1, 0.15) is 79.5 Å². The maximum Gasteiger partial charge on any atom is 0.253 e. The molecule has 2 saturated heterocycles. The number of carbonyl (C=O) groups is 2. The van der Waals surface area contributed by atoms with Crippen molar-refractivity contribution in [1.82, 2.24) is 19.9 Å². The molecule has 1 saturated carbocycles. The van der Waals surface area contributed by atoms with Crippen LogP contribution < -0.4 is 5.32 Å². The second-order valence-corrected chi connectivity index (χ2v) is 9.81. The topological polar surface area (TPSA) is 91.6 Å². The SMILES string of the molecule is CC(=O)Nc1cccc(C(=O)N2CCC3(CC2)CC(c2noc(C4CCC4)n2)N(C)C3)c1. The first-order valence-electron chi connectivity index (χ1n) is 11.6. The number of piperidine rings is 1. The molecule has 2 aromatic rings. The molecule has 3 heterocycles. The fourth-order valence-corrected chi connectivity index (χ4v) is 5.42. The molecule has 32 heavy (non-hydrogen) atoms. The minimum Gasteiger partial charge on any atom is -0.339 e. The number of benzene rings is 1. The number of aromatic nitrogens is 2. The number of anilines is 1. The number of carbonyl (C=O) groups excluding carboxylic acids is 2. The van der Waals surface area contributed by atoms with Gasteiger partial charge in [-0.05, 0) is 62.8 Å². The molecule has 8 nitrogen and oxygen atoms in total. The van der Waals surface area contributed by atoms with E-state index in [9.17, 15) is 9.59 Å². The number of likely N-dealkylation sites (tertiary alicyclic amines) is 2. The molecule has 1 aliphatic carbocycles. The van der Waals surface area contributed by atoms with Gasteiger partial charge in [0.2, 0.25) is 11.8 Å². The Morgan fingerprint density at radius 1 is 1.22 bits per heavy atom. The lowest BCUT2D eigenvalue weighted by molar-refractivity contribution is -0.114. The van der Waals surface area contributed by atoms with E-state index in [4.69, 9.17) is 9.51 Å². The van der Waals surface area contributed by atoms with Crippen LogP contribution in [-0.2, 0) is 4.79 Å². The predicted molar refractivity (Wildman–Crippen MR) is 119 cm³/mol. The smallest absolute Gasteiger partial charge is 0.253 e. The average Bonchev–Trinajstić information content (AvgIpc) is 3.31. The van der Waals surface area contributed by atoms with Crippen molar-refractivity contribution >= 4 is 17.5 Å². The van der Waals surface area contributed by atoms with E-state index in [1.54, 1.807) is 12.1 Å². The van der Waals surface area contributed by atoms with Crippen molar-refractivity contribution < 1.29 is 14.1 Å². The molecular formula is C24H31N5O3. The van der Waals surface area contributed by atoms with Crippen LogP contribution in [0, 0.1) is 5.41 Å². The second-order valence-electron chi connectivity index (χ2n) is 9.81. The normalized spacial score (nSPS) is 23.3. The molecule has 1 aromatic carbocycles. The van der Waals surface area contributed by atoms with Crippen molar-refractivity contribution in [2.45, 2.75) is 57.4 Å². The highest BCUT2D eigenvalue weighted by atomic mass is 16.5. The Kier molecular flexibility index (Phi) is 5.49. The van der Waals surface area contributed by atoms with Gasteiger partial charge in [-0.3, -0.25) is 14.5 Å². The molecule has 2 aliphatic heterocycles. The van der Waals surface area contributed by atoms with E-state index in [-0.39, 0.29) is 23.3 Å². The number of amides is 2. The maximum atomic E-state index is 13.1. The molecule has 8 heteroatoms. The lowest BCUT2D eigenvalue weighted by Crippen LogP contribution is -2.44. The Morgan fingerprint density at radius 3 is 2.69 bits per heavy atom. The summed E-state index contributed by atoms with van der Waals surface area (Å²) in [6, 6.07) is 7.36. The first-order valence-corrected chi connectivity index (χ1v) is 11.6. The van der Waals surface area contributed by atoms with Gasteiger partial charge in [0.15, 0.2) is 5.82 Å². The Labute approximate surface area is 188 Å². The molecule has 3 fully saturated rings. The number of nitrogens with one attached hydrogen (secondary N) is 1. The van der Waals surface area contributed by atoms with Gasteiger partial charge in [-0.2, -0.15) is 4.98 Å². The van der Waals surface area contributed by atoms with Crippen molar-refractivity contribution in [3.63, 3.8) is 0 Å². The maximum absolute atomic E-state index is 13.1. The third-order valence-corrected chi connectivity index (χ3v) is 7.49. The quantitative estimate of drug-likeness (QED) is 0.786. The summed E-state index contributed by atoms with van der Waals surface area (Å²) in [6.07, 6.45) is 6.51. The highest BCUT2D eigenvalue weighted by molar-refractivity contribution is 5.96. The minimum atomic E-state index is -0.143. The zero-order valence-electron chi connectivity index (χ0n) is 18.8. The van der Waals surface area contributed by atoms with Crippen LogP contribution in [0.4, 0.5) is 5.69 Å². The largest absolute Gasteiger partial charge is 0.339 e. The molecule has 1 atom stereocenters. The molecular weight excluding hydrogens is 406 g/mol. The van der Waals surface area contributed by atoms with Gasteiger partial charge in [0.05, 0.1) is 6.04 Å². The molecule has 0 bridgehead atoms. The number of hydrogen-bond donors (Lipinski definition) is 1. The molecule has 3 aliphatic rings. The Hall–Kier alpha value is -2.74. The summed E-state index contributed by atoms with van der Waals surface area (Å²) in [6.45, 7) is 3.94. The average molecular weight is 438 g/mol. The van der Waals surface area contributed by atoms with Crippen molar-refractivity contribution in [3.8, 4) is 0 Å². The second kappa shape index (κ2) is 8.31. The van der Waals surface area contributed by atoms with Gasteiger partial charge in [0.25, 0.3) is 5.91 Å². The highest BCUT2D eigenvalue weighted by Gasteiger charge is 2.47. The summed E-state index contributed by atoms with van der Waals surface area (Å²) >= 11 is 0. The van der Waals surface area contributed by atoms with Crippen LogP contribution >= 0.6 is 0 Å². The first-order chi connectivity index (χ1) is 15.4. The monoisotopic (exact) mass is 437 g/mol. The number of nitrogens with zero attached hydrogens (tertiary/aromatic N) is 4. The third kappa shape index (κ3) is 4.03. The summed E-state index contributed by atoms with van der Waals surface area (Å²) < 4.78 is 5.57. The summed E-state index contributed by atoms with van der Waals surface area (Å²) in [5.41, 5.74) is 1.45. The van der Waals surface area contributed by atoms with Crippen LogP contribution in [0.2, 0.25) is 0 Å². The molecule has 0 radical (unpaired) electrons. The van der Waals surface area contributed by atoms with E-state index < -0.39 is 0 Å². The fraction of sp³-hybridized carbons (Fsp3) is 0.583. The summed E-state index contributed by atoms with van der Waals surface area (Å²) in [4.78, 5) is 33.4. The van der Waals surface area contributed by atoms with Gasteiger partial charge in [-0.15, -0.1) is 0 Å². The summed E-state index contributed by atoms with van der Waals surface area (Å²) in [5, 5.41) is 7.07. The van der Waals surface area contributed by atoms with Crippen molar-refractivity contribution in [2.75, 3.05) is 32.0 Å². The lowest BCUT2D eigenvalue weighted by Gasteiger charge is -2.39. The molecule has 1 spiro atoms. The van der Waals surface area contributed by atoms with Gasteiger partial charge >= 0.3 is 0 Å². The Morgan fingerprint density at radius 2 is 2.00 bits per heavy atom. The molecule has 1 N–H and O–H groups in total. The van der Waals surface area contributed by atoms with Gasteiger partial charge < -0.3 is 14.7 Å². The molecule has 1 aromatic heterocycles. The van der Waals surface area contributed by atoms with Crippen LogP contribution in [0.5, 0.6) is 0 Å². The van der Waals surface area contributed by atoms with Crippen LogP contribution in [0.25, 0.3) is 0 Å². The standard InChI is InChI=1S/C24H31N5O3/c1-16(30)25-19-8-4-7-18(13-19)23(31)29-11-9-24(10-12-29)14-20(28(2)15-24)21-26-22(32-27-21)17-5-3-6-17/h4,7-8,13,17,20H,3,5-6,9-12,14-15H2,1-2H3,(H,25,30). The number of hydrogen-bond acceptors (Lipinski definition) is 6. The van der Waals surface area contributed by atoms with E-state index in [1.165, 1.54) is 13.3 Å². The Balaban J connectivity index is 1.22. The number of rotatable bonds is 4. The minimum absolute atomic E-state index is 0.0262. The zero-order chi connectivity index (χ0) is 22.3. The molecule has 1 unspecified atom stereocenters.